The number of ether oxygens (including phenoxy) is 2. The van der Waals surface area contributed by atoms with E-state index in [-0.39, 0.29) is 0 Å². The van der Waals surface area contributed by atoms with Gasteiger partial charge in [-0.1, -0.05) is 5.11 Å². The smallest absolute Gasteiger partial charge is 0.164 e. The van der Waals surface area contributed by atoms with Gasteiger partial charge in [-0.05, 0) is 19.4 Å². The molecule has 4 atom stereocenters. The maximum absolute atomic E-state index is 10.8. The predicted octanol–water partition coefficient (Wildman–Crippen LogP) is -0.0559. The van der Waals surface area contributed by atoms with E-state index in [0.29, 0.717) is 12.6 Å². The monoisotopic (exact) mass is 243 g/mol. The largest absolute Gasteiger partial charge is 0.389 e. The molecule has 0 amide bonds. The van der Waals surface area contributed by atoms with E-state index in [1.807, 2.05) is 0 Å². The average Bonchev–Trinajstić information content (AvgIpc) is 2.60. The maximum atomic E-state index is 10.8. The number of hydrogen-bond donors (Lipinski definition) is 1. The van der Waals surface area contributed by atoms with Gasteiger partial charge in [0.1, 0.15) is 24.5 Å². The minimum atomic E-state index is -1.43. The highest BCUT2D eigenvalue weighted by atomic mass is 16.8. The summed E-state index contributed by atoms with van der Waals surface area (Å²) >= 11 is 0. The fourth-order valence-electron chi connectivity index (χ4n) is 1.62. The van der Waals surface area contributed by atoms with Crippen molar-refractivity contribution in [2.24, 2.45) is 5.11 Å². The van der Waals surface area contributed by atoms with Crippen LogP contribution >= 0.6 is 0 Å². The van der Waals surface area contributed by atoms with Gasteiger partial charge in [-0.2, -0.15) is 0 Å². The van der Waals surface area contributed by atoms with Crippen LogP contribution in [0.15, 0.2) is 5.11 Å². The number of aldehydes is 2. The average molecular weight is 243 g/mol. The lowest BCUT2D eigenvalue weighted by Crippen LogP contribution is -2.43. The molecule has 0 spiro atoms. The Balaban J connectivity index is 2.87. The summed E-state index contributed by atoms with van der Waals surface area (Å²) in [5, 5.41) is 12.9. The fourth-order valence-corrected chi connectivity index (χ4v) is 1.62. The van der Waals surface area contributed by atoms with E-state index in [1.165, 1.54) is 0 Å². The molecule has 1 aliphatic heterocycles. The molecule has 8 heteroatoms. The molecule has 1 heterocycles. The second-order valence-corrected chi connectivity index (χ2v) is 4.02. The van der Waals surface area contributed by atoms with Crippen LogP contribution in [0.25, 0.3) is 10.4 Å². The van der Waals surface area contributed by atoms with E-state index in [9.17, 15) is 14.7 Å². The van der Waals surface area contributed by atoms with E-state index in [0.717, 1.165) is 0 Å². The van der Waals surface area contributed by atoms with Gasteiger partial charge in [-0.15, -0.1) is 0 Å². The second-order valence-electron chi connectivity index (χ2n) is 4.02. The van der Waals surface area contributed by atoms with Crippen LogP contribution in [-0.2, 0) is 19.1 Å². The normalized spacial score (nSPS) is 30.1. The number of nitrogens with zero attached hydrogens (tertiary/aromatic N) is 3. The predicted molar refractivity (Wildman–Crippen MR) is 54.9 cm³/mol. The Morgan fingerprint density at radius 2 is 2.12 bits per heavy atom. The van der Waals surface area contributed by atoms with Crippen LogP contribution in [-0.4, -0.2) is 47.8 Å². The summed E-state index contributed by atoms with van der Waals surface area (Å²) in [6.45, 7) is 3.14. The lowest BCUT2D eigenvalue weighted by molar-refractivity contribution is -0.158. The molecule has 17 heavy (non-hydrogen) atoms. The third-order valence-corrected chi connectivity index (χ3v) is 2.31. The number of carbonyl (C=O) groups excluding carboxylic acids is 2. The summed E-state index contributed by atoms with van der Waals surface area (Å²) in [7, 11) is 0. The van der Waals surface area contributed by atoms with Crippen LogP contribution in [0.1, 0.15) is 13.8 Å². The second kappa shape index (κ2) is 5.24. The molecule has 8 nitrogen and oxygen atoms in total. The molecule has 1 N–H and O–H groups in total. The zero-order valence-electron chi connectivity index (χ0n) is 9.39. The quantitative estimate of drug-likeness (QED) is 0.314. The first-order valence-corrected chi connectivity index (χ1v) is 4.93. The molecular formula is C9H13N3O5. The van der Waals surface area contributed by atoms with Gasteiger partial charge in [0.2, 0.25) is 0 Å². The zero-order valence-corrected chi connectivity index (χ0v) is 9.39. The molecule has 0 aromatic carbocycles. The maximum Gasteiger partial charge on any atom is 0.164 e. The molecule has 0 radical (unpaired) electrons. The molecular weight excluding hydrogens is 230 g/mol. The van der Waals surface area contributed by atoms with Crippen molar-refractivity contribution in [2.75, 3.05) is 0 Å². The molecule has 1 aliphatic rings. The Bertz CT molecular complexity index is 353. The number of rotatable bonds is 5. The van der Waals surface area contributed by atoms with Crippen LogP contribution in [0.4, 0.5) is 0 Å². The van der Waals surface area contributed by atoms with Gasteiger partial charge in [-0.3, -0.25) is 0 Å². The van der Waals surface area contributed by atoms with Crippen molar-refractivity contribution in [1.82, 2.24) is 0 Å². The Labute approximate surface area is 97.1 Å². The number of aliphatic hydroxyl groups excluding tert-OH is 1. The van der Waals surface area contributed by atoms with Crippen molar-refractivity contribution in [2.45, 2.75) is 44.0 Å². The van der Waals surface area contributed by atoms with E-state index >= 15 is 0 Å². The van der Waals surface area contributed by atoms with Gasteiger partial charge in [0.05, 0.1) is 6.10 Å². The number of aliphatic hydroxyl groups is 1. The Morgan fingerprint density at radius 3 is 2.59 bits per heavy atom. The van der Waals surface area contributed by atoms with Gasteiger partial charge < -0.3 is 24.2 Å². The van der Waals surface area contributed by atoms with Crippen molar-refractivity contribution in [3.8, 4) is 0 Å². The lowest BCUT2D eigenvalue weighted by atomic mass is 10.0. The van der Waals surface area contributed by atoms with Gasteiger partial charge in [-0.25, -0.2) is 0 Å². The van der Waals surface area contributed by atoms with Crippen LogP contribution in [0, 0.1) is 0 Å². The minimum Gasteiger partial charge on any atom is -0.389 e. The fraction of sp³-hybridized carbons (Fsp3) is 0.778. The molecule has 0 aliphatic carbocycles. The van der Waals surface area contributed by atoms with Gasteiger partial charge in [0.25, 0.3) is 0 Å². The first kappa shape index (κ1) is 13.6. The first-order valence-electron chi connectivity index (χ1n) is 4.93. The van der Waals surface area contributed by atoms with Gasteiger partial charge in [0.15, 0.2) is 12.1 Å². The molecule has 0 bridgehead atoms. The third kappa shape index (κ3) is 3.01. The topological polar surface area (TPSA) is 122 Å². The summed E-state index contributed by atoms with van der Waals surface area (Å²) in [6, 6.07) is -1.31. The molecule has 1 saturated heterocycles. The van der Waals surface area contributed by atoms with Crippen molar-refractivity contribution in [1.29, 1.82) is 0 Å². The zero-order chi connectivity index (χ0) is 13.1. The molecule has 1 fully saturated rings. The Hall–Kier alpha value is -1.47. The van der Waals surface area contributed by atoms with Gasteiger partial charge in [0, 0.05) is 4.91 Å². The SMILES string of the molecule is CC1(C)O[C@@H]([C@@H](O)[C@H](C=O)N=[N+]=[N-])[C@@H](C=O)O1. The summed E-state index contributed by atoms with van der Waals surface area (Å²) in [5.74, 6) is -1.04. The van der Waals surface area contributed by atoms with E-state index in [4.69, 9.17) is 15.0 Å². The molecule has 0 aromatic rings. The van der Waals surface area contributed by atoms with E-state index in [1.54, 1.807) is 13.8 Å². The van der Waals surface area contributed by atoms with Crippen molar-refractivity contribution >= 4 is 12.6 Å². The molecule has 0 aromatic heterocycles. The van der Waals surface area contributed by atoms with Crippen molar-refractivity contribution < 1.29 is 24.2 Å². The molecule has 0 unspecified atom stereocenters. The third-order valence-electron chi connectivity index (χ3n) is 2.31. The highest BCUT2D eigenvalue weighted by molar-refractivity contribution is 5.61. The highest BCUT2D eigenvalue weighted by Crippen LogP contribution is 2.30. The molecule has 94 valence electrons. The molecule has 0 saturated carbocycles. The number of carbonyl (C=O) groups is 2. The highest BCUT2D eigenvalue weighted by Gasteiger charge is 2.46. The first-order chi connectivity index (χ1) is 7.95. The Kier molecular flexibility index (Phi) is 4.19. The van der Waals surface area contributed by atoms with E-state index < -0.39 is 30.1 Å². The van der Waals surface area contributed by atoms with E-state index in [2.05, 4.69) is 10.0 Å². The lowest BCUT2D eigenvalue weighted by Gasteiger charge is -2.22. The number of azide groups is 1. The minimum absolute atomic E-state index is 0.293. The summed E-state index contributed by atoms with van der Waals surface area (Å²) in [4.78, 5) is 23.8. The van der Waals surface area contributed by atoms with Gasteiger partial charge >= 0.3 is 0 Å². The van der Waals surface area contributed by atoms with Crippen LogP contribution in [0.3, 0.4) is 0 Å². The van der Waals surface area contributed by atoms with Crippen LogP contribution < -0.4 is 0 Å². The molecule has 1 rings (SSSR count). The van der Waals surface area contributed by atoms with Crippen molar-refractivity contribution in [3.63, 3.8) is 0 Å². The summed E-state index contributed by atoms with van der Waals surface area (Å²) in [6.07, 6.45) is -2.71. The number of hydrogen-bond acceptors (Lipinski definition) is 6. The van der Waals surface area contributed by atoms with Crippen molar-refractivity contribution in [3.05, 3.63) is 10.4 Å². The summed E-state index contributed by atoms with van der Waals surface area (Å²) in [5.41, 5.74) is 8.23. The Morgan fingerprint density at radius 1 is 1.47 bits per heavy atom. The van der Waals surface area contributed by atoms with Crippen LogP contribution in [0.2, 0.25) is 0 Å². The summed E-state index contributed by atoms with van der Waals surface area (Å²) < 4.78 is 10.5. The van der Waals surface area contributed by atoms with Crippen LogP contribution in [0.5, 0.6) is 0 Å². The standard InChI is InChI=1S/C9H13N3O5/c1-9(2)16-6(4-14)8(17-9)7(15)5(3-13)11-12-10/h3-8,15H,1-2H3/t5-,6+,7-,8+/m0/s1.